The van der Waals surface area contributed by atoms with Gasteiger partial charge in [0.25, 0.3) is 5.91 Å². The van der Waals surface area contributed by atoms with Crippen molar-refractivity contribution in [2.75, 3.05) is 7.11 Å². The summed E-state index contributed by atoms with van der Waals surface area (Å²) in [5.74, 6) is -0.00935. The van der Waals surface area contributed by atoms with E-state index in [0.29, 0.717) is 12.0 Å². The van der Waals surface area contributed by atoms with E-state index in [4.69, 9.17) is 4.74 Å². The fourth-order valence-corrected chi connectivity index (χ4v) is 3.32. The third kappa shape index (κ3) is 1.83. The molecule has 0 saturated heterocycles. The second kappa shape index (κ2) is 4.63. The minimum Gasteiger partial charge on any atom is -0.509 e. The van der Waals surface area contributed by atoms with Gasteiger partial charge in [-0.05, 0) is 30.9 Å². The van der Waals surface area contributed by atoms with Crippen LogP contribution in [0.1, 0.15) is 30.4 Å². The molecular formula is C16H19NO3. The first-order valence-corrected chi connectivity index (χ1v) is 6.92. The number of carbonyl (C=O) groups excluding carboxylic acids is 1. The first kappa shape index (κ1) is 13.2. The second-order valence-electron chi connectivity index (χ2n) is 5.68. The average molecular weight is 273 g/mol. The van der Waals surface area contributed by atoms with Crippen molar-refractivity contribution < 1.29 is 14.6 Å². The normalized spacial score (nSPS) is 29.3. The number of ether oxygens (including phenoxy) is 1. The molecule has 2 atom stereocenters. The molecule has 1 fully saturated rings. The maximum Gasteiger partial charge on any atom is 0.256 e. The third-order valence-electron chi connectivity index (χ3n) is 4.49. The summed E-state index contributed by atoms with van der Waals surface area (Å²) >= 11 is 0. The Hall–Kier alpha value is -1.81. The van der Waals surface area contributed by atoms with Gasteiger partial charge in [0.1, 0.15) is 11.3 Å². The molecule has 0 radical (unpaired) electrons. The van der Waals surface area contributed by atoms with Crippen molar-refractivity contribution in [2.24, 2.45) is 0 Å². The van der Waals surface area contributed by atoms with Crippen LogP contribution in [0.3, 0.4) is 0 Å². The number of aryl methyl sites for hydroxylation is 1. The second-order valence-corrected chi connectivity index (χ2v) is 5.68. The van der Waals surface area contributed by atoms with Crippen LogP contribution in [0.2, 0.25) is 0 Å². The standard InChI is InChI=1S/C16H19NO3/c1-10-5-3-4-6-12(10)13-14(18)16(17-15(13)19)8-7-11(9-16)20-2/h3-6,11,18H,7-9H2,1-2H3,(H,17,19). The van der Waals surface area contributed by atoms with Gasteiger partial charge in [0.15, 0.2) is 0 Å². The maximum atomic E-state index is 12.3. The minimum absolute atomic E-state index is 0.0914. The molecule has 1 saturated carbocycles. The lowest BCUT2D eigenvalue weighted by Gasteiger charge is -2.23. The summed E-state index contributed by atoms with van der Waals surface area (Å²) in [6.45, 7) is 1.94. The molecule has 1 amide bonds. The largest absolute Gasteiger partial charge is 0.509 e. The molecule has 1 aliphatic carbocycles. The van der Waals surface area contributed by atoms with E-state index < -0.39 is 5.54 Å². The van der Waals surface area contributed by atoms with Gasteiger partial charge in [-0.15, -0.1) is 0 Å². The lowest BCUT2D eigenvalue weighted by Crippen LogP contribution is -2.42. The zero-order valence-corrected chi connectivity index (χ0v) is 11.8. The number of benzene rings is 1. The topological polar surface area (TPSA) is 58.6 Å². The molecule has 2 aliphatic rings. The van der Waals surface area contributed by atoms with E-state index in [9.17, 15) is 9.90 Å². The number of nitrogens with one attached hydrogen (secondary N) is 1. The summed E-state index contributed by atoms with van der Waals surface area (Å²) in [6, 6.07) is 7.63. The van der Waals surface area contributed by atoms with E-state index in [-0.39, 0.29) is 17.8 Å². The Balaban J connectivity index is 2.05. The van der Waals surface area contributed by atoms with Crippen LogP contribution >= 0.6 is 0 Å². The van der Waals surface area contributed by atoms with E-state index in [1.54, 1.807) is 7.11 Å². The van der Waals surface area contributed by atoms with Gasteiger partial charge in [-0.2, -0.15) is 0 Å². The number of hydrogen-bond acceptors (Lipinski definition) is 3. The molecule has 20 heavy (non-hydrogen) atoms. The Morgan fingerprint density at radius 3 is 2.80 bits per heavy atom. The fraction of sp³-hybridized carbons (Fsp3) is 0.438. The predicted molar refractivity (Wildman–Crippen MR) is 76.2 cm³/mol. The minimum atomic E-state index is -0.630. The quantitative estimate of drug-likeness (QED) is 0.869. The summed E-state index contributed by atoms with van der Waals surface area (Å²) in [7, 11) is 1.67. The van der Waals surface area contributed by atoms with Gasteiger partial charge in [0.2, 0.25) is 0 Å². The third-order valence-corrected chi connectivity index (χ3v) is 4.49. The Morgan fingerprint density at radius 1 is 1.40 bits per heavy atom. The molecule has 1 aromatic carbocycles. The van der Waals surface area contributed by atoms with Crippen LogP contribution in [-0.2, 0) is 9.53 Å². The van der Waals surface area contributed by atoms with Gasteiger partial charge in [-0.1, -0.05) is 24.3 Å². The summed E-state index contributed by atoms with van der Waals surface area (Å²) in [6.07, 6.45) is 2.30. The first-order valence-electron chi connectivity index (χ1n) is 6.92. The number of methoxy groups -OCH3 is 1. The van der Waals surface area contributed by atoms with Crippen LogP contribution in [0.5, 0.6) is 0 Å². The van der Waals surface area contributed by atoms with Gasteiger partial charge >= 0.3 is 0 Å². The van der Waals surface area contributed by atoms with E-state index in [0.717, 1.165) is 24.0 Å². The Morgan fingerprint density at radius 2 is 2.15 bits per heavy atom. The molecule has 3 rings (SSSR count). The fourth-order valence-electron chi connectivity index (χ4n) is 3.32. The number of carbonyl (C=O) groups is 1. The number of aliphatic hydroxyl groups excluding tert-OH is 1. The monoisotopic (exact) mass is 273 g/mol. The van der Waals surface area contributed by atoms with Crippen molar-refractivity contribution in [3.05, 3.63) is 41.2 Å². The lowest BCUT2D eigenvalue weighted by molar-refractivity contribution is -0.116. The molecule has 1 spiro atoms. The summed E-state index contributed by atoms with van der Waals surface area (Å²) in [5.41, 5.74) is 1.58. The molecule has 106 valence electrons. The Labute approximate surface area is 118 Å². The highest BCUT2D eigenvalue weighted by Crippen LogP contribution is 2.43. The molecule has 1 aromatic rings. The smallest absolute Gasteiger partial charge is 0.256 e. The summed E-state index contributed by atoms with van der Waals surface area (Å²) in [4.78, 5) is 12.3. The number of amides is 1. The Bertz CT molecular complexity index is 593. The molecule has 2 N–H and O–H groups in total. The van der Waals surface area contributed by atoms with E-state index >= 15 is 0 Å². The van der Waals surface area contributed by atoms with Gasteiger partial charge in [-0.3, -0.25) is 4.79 Å². The van der Waals surface area contributed by atoms with Crippen molar-refractivity contribution in [1.29, 1.82) is 0 Å². The van der Waals surface area contributed by atoms with Gasteiger partial charge in [0, 0.05) is 13.5 Å². The highest BCUT2D eigenvalue weighted by molar-refractivity contribution is 6.23. The van der Waals surface area contributed by atoms with Gasteiger partial charge in [0.05, 0.1) is 11.7 Å². The molecule has 1 heterocycles. The molecule has 4 nitrogen and oxygen atoms in total. The molecule has 0 aromatic heterocycles. The predicted octanol–water partition coefficient (Wildman–Crippen LogP) is 2.33. The van der Waals surface area contributed by atoms with Crippen molar-refractivity contribution in [3.8, 4) is 0 Å². The average Bonchev–Trinajstić information content (AvgIpc) is 2.95. The number of rotatable bonds is 2. The number of hydrogen-bond donors (Lipinski definition) is 2. The van der Waals surface area contributed by atoms with Crippen LogP contribution in [-0.4, -0.2) is 29.8 Å². The van der Waals surface area contributed by atoms with Crippen molar-refractivity contribution in [1.82, 2.24) is 5.32 Å². The molecular weight excluding hydrogens is 254 g/mol. The van der Waals surface area contributed by atoms with Crippen molar-refractivity contribution >= 4 is 11.5 Å². The summed E-state index contributed by atoms with van der Waals surface area (Å²) in [5, 5.41) is 13.6. The maximum absolute atomic E-state index is 12.3. The van der Waals surface area contributed by atoms with Crippen molar-refractivity contribution in [3.63, 3.8) is 0 Å². The Kier molecular flexibility index (Phi) is 3.05. The zero-order valence-electron chi connectivity index (χ0n) is 11.8. The van der Waals surface area contributed by atoms with Crippen LogP contribution in [0.15, 0.2) is 30.0 Å². The van der Waals surface area contributed by atoms with E-state index in [2.05, 4.69) is 5.32 Å². The van der Waals surface area contributed by atoms with Crippen LogP contribution in [0.4, 0.5) is 0 Å². The van der Waals surface area contributed by atoms with Crippen molar-refractivity contribution in [2.45, 2.75) is 37.8 Å². The number of aliphatic hydroxyl groups is 1. The summed E-state index contributed by atoms with van der Waals surface area (Å²) < 4.78 is 5.36. The first-order chi connectivity index (χ1) is 9.57. The zero-order chi connectivity index (χ0) is 14.3. The van der Waals surface area contributed by atoms with E-state index in [1.165, 1.54) is 0 Å². The molecule has 4 heteroatoms. The molecule has 1 aliphatic heterocycles. The highest BCUT2D eigenvalue weighted by Gasteiger charge is 2.50. The SMILES string of the molecule is COC1CCC2(C1)NC(=O)C(c1ccccc1C)=C2O. The molecule has 2 unspecified atom stereocenters. The van der Waals surface area contributed by atoms with Crippen LogP contribution in [0.25, 0.3) is 5.57 Å². The van der Waals surface area contributed by atoms with Gasteiger partial charge < -0.3 is 15.2 Å². The molecule has 0 bridgehead atoms. The van der Waals surface area contributed by atoms with Crippen LogP contribution in [0, 0.1) is 6.92 Å². The van der Waals surface area contributed by atoms with E-state index in [1.807, 2.05) is 31.2 Å². The highest BCUT2D eigenvalue weighted by atomic mass is 16.5. The lowest BCUT2D eigenvalue weighted by atomic mass is 9.92. The van der Waals surface area contributed by atoms with Gasteiger partial charge in [-0.25, -0.2) is 0 Å². The van der Waals surface area contributed by atoms with Crippen LogP contribution < -0.4 is 5.32 Å².